The molecule has 0 spiro atoms. The number of hydrogen-bond acceptors (Lipinski definition) is 5. The summed E-state index contributed by atoms with van der Waals surface area (Å²) in [6.07, 6.45) is 8.77. The lowest BCUT2D eigenvalue weighted by molar-refractivity contribution is 0.0950. The molecule has 8 heteroatoms. The number of hydrogen-bond donors (Lipinski definition) is 2. The number of imidazole rings is 1. The number of amides is 1. The van der Waals surface area contributed by atoms with Gasteiger partial charge in [0.2, 0.25) is 0 Å². The topological polar surface area (TPSA) is 101 Å². The number of H-pyrrole nitrogens is 1. The zero-order valence-corrected chi connectivity index (χ0v) is 14.7. The number of nitrogens with one attached hydrogen (secondary N) is 2. The Morgan fingerprint density at radius 3 is 2.86 bits per heavy atom. The van der Waals surface area contributed by atoms with Crippen molar-refractivity contribution < 1.29 is 4.79 Å². The molecule has 0 fully saturated rings. The lowest BCUT2D eigenvalue weighted by atomic mass is 10.1. The average molecular weight is 369 g/mol. The summed E-state index contributed by atoms with van der Waals surface area (Å²) in [7, 11) is 0. The molecule has 1 aromatic carbocycles. The number of fused-ring (bicyclic) bond motifs is 2. The van der Waals surface area contributed by atoms with Crippen LogP contribution in [0.25, 0.3) is 27.9 Å². The number of aromatic amines is 1. The third-order valence-corrected chi connectivity index (χ3v) is 4.59. The fraction of sp³-hybridized carbons (Fsp3) is 0.0500. The van der Waals surface area contributed by atoms with E-state index in [0.29, 0.717) is 17.8 Å². The first-order valence-electron chi connectivity index (χ1n) is 8.73. The predicted molar refractivity (Wildman–Crippen MR) is 103 cm³/mol. The molecule has 8 nitrogen and oxygen atoms in total. The largest absolute Gasteiger partial charge is 0.346 e. The molecule has 0 aliphatic carbocycles. The lowest BCUT2D eigenvalue weighted by Gasteiger charge is -2.06. The second-order valence-corrected chi connectivity index (χ2v) is 6.28. The van der Waals surface area contributed by atoms with E-state index in [0.717, 1.165) is 28.0 Å². The molecule has 0 atom stereocenters. The first-order valence-corrected chi connectivity index (χ1v) is 8.73. The van der Waals surface area contributed by atoms with E-state index in [2.05, 4.69) is 30.5 Å². The molecule has 2 N–H and O–H groups in total. The van der Waals surface area contributed by atoms with E-state index in [-0.39, 0.29) is 5.91 Å². The molecule has 5 aromatic rings. The fourth-order valence-electron chi connectivity index (χ4n) is 3.16. The van der Waals surface area contributed by atoms with E-state index < -0.39 is 0 Å². The summed E-state index contributed by atoms with van der Waals surface area (Å²) in [5.74, 6) is -0.152. The summed E-state index contributed by atoms with van der Waals surface area (Å²) in [6.45, 7) is 0.350. The molecule has 4 aromatic heterocycles. The Labute approximate surface area is 159 Å². The highest BCUT2D eigenvalue weighted by Gasteiger charge is 2.11. The number of carbonyl (C=O) groups excluding carboxylic acids is 1. The SMILES string of the molecule is O=C(NCc1[nH]nc2ncccc12)c1ccc(-c2cnc3cnccn23)cc1. The van der Waals surface area contributed by atoms with Gasteiger partial charge in [-0.2, -0.15) is 5.10 Å². The molecule has 136 valence electrons. The molecule has 0 saturated heterocycles. The van der Waals surface area contributed by atoms with Crippen LogP contribution in [0.15, 0.2) is 67.4 Å². The molecular formula is C20H15N7O. The molecule has 1 amide bonds. The normalized spacial score (nSPS) is 11.1. The summed E-state index contributed by atoms with van der Waals surface area (Å²) in [4.78, 5) is 25.1. The second-order valence-electron chi connectivity index (χ2n) is 6.28. The van der Waals surface area contributed by atoms with Crippen molar-refractivity contribution in [1.29, 1.82) is 0 Å². The molecule has 0 saturated carbocycles. The second kappa shape index (κ2) is 6.58. The van der Waals surface area contributed by atoms with Gasteiger partial charge in [0.1, 0.15) is 0 Å². The quantitative estimate of drug-likeness (QED) is 0.507. The standard InChI is InChI=1S/C20H15N7O/c28-20(24-10-16-15-2-1-7-22-19(15)26-25-16)14-5-3-13(4-6-14)17-11-23-18-12-21-8-9-27(17)18/h1-9,11-12H,10H2,(H,24,28)(H,22,25,26). The van der Waals surface area contributed by atoms with Gasteiger partial charge in [-0.15, -0.1) is 0 Å². The van der Waals surface area contributed by atoms with Gasteiger partial charge in [-0.05, 0) is 24.3 Å². The Kier molecular flexibility index (Phi) is 3.79. The van der Waals surface area contributed by atoms with Crippen LogP contribution in [-0.2, 0) is 6.54 Å². The summed E-state index contributed by atoms with van der Waals surface area (Å²) in [5.41, 5.74) is 4.75. The number of carbonyl (C=O) groups is 1. The summed E-state index contributed by atoms with van der Waals surface area (Å²) >= 11 is 0. The van der Waals surface area contributed by atoms with Crippen molar-refractivity contribution in [2.24, 2.45) is 0 Å². The monoisotopic (exact) mass is 369 g/mol. The van der Waals surface area contributed by atoms with Gasteiger partial charge in [0.05, 0.1) is 30.3 Å². The van der Waals surface area contributed by atoms with Crippen molar-refractivity contribution in [2.45, 2.75) is 6.54 Å². The van der Waals surface area contributed by atoms with Crippen molar-refractivity contribution in [3.8, 4) is 11.3 Å². The first-order chi connectivity index (χ1) is 13.8. The maximum absolute atomic E-state index is 12.5. The minimum absolute atomic E-state index is 0.152. The highest BCUT2D eigenvalue weighted by Crippen LogP contribution is 2.21. The van der Waals surface area contributed by atoms with Gasteiger partial charge >= 0.3 is 0 Å². The molecule has 0 aliphatic heterocycles. The van der Waals surface area contributed by atoms with E-state index in [1.165, 1.54) is 0 Å². The Balaban J connectivity index is 1.33. The Hall–Kier alpha value is -4.07. The maximum Gasteiger partial charge on any atom is 0.251 e. The zero-order chi connectivity index (χ0) is 18.9. The van der Waals surface area contributed by atoms with Crippen LogP contribution in [-0.4, -0.2) is 35.5 Å². The van der Waals surface area contributed by atoms with Gasteiger partial charge in [0, 0.05) is 35.1 Å². The third-order valence-electron chi connectivity index (χ3n) is 4.59. The Morgan fingerprint density at radius 1 is 1.07 bits per heavy atom. The van der Waals surface area contributed by atoms with Crippen LogP contribution in [0, 0.1) is 0 Å². The number of aromatic nitrogens is 6. The summed E-state index contributed by atoms with van der Waals surface area (Å²) in [5, 5.41) is 10.9. The number of nitrogens with zero attached hydrogens (tertiary/aromatic N) is 5. The molecular weight excluding hydrogens is 354 g/mol. The van der Waals surface area contributed by atoms with Crippen LogP contribution in [0.5, 0.6) is 0 Å². The minimum atomic E-state index is -0.152. The average Bonchev–Trinajstić information content (AvgIpc) is 3.36. The molecule has 28 heavy (non-hydrogen) atoms. The van der Waals surface area contributed by atoms with Crippen LogP contribution in [0.3, 0.4) is 0 Å². The zero-order valence-electron chi connectivity index (χ0n) is 14.7. The van der Waals surface area contributed by atoms with E-state index >= 15 is 0 Å². The predicted octanol–water partition coefficient (Wildman–Crippen LogP) is 2.60. The summed E-state index contributed by atoms with van der Waals surface area (Å²) in [6, 6.07) is 11.2. The highest BCUT2D eigenvalue weighted by molar-refractivity contribution is 5.94. The van der Waals surface area contributed by atoms with Gasteiger partial charge in [-0.25, -0.2) is 9.97 Å². The van der Waals surface area contributed by atoms with Gasteiger partial charge in [-0.3, -0.25) is 19.3 Å². The van der Waals surface area contributed by atoms with Crippen LogP contribution in [0.2, 0.25) is 0 Å². The van der Waals surface area contributed by atoms with Gasteiger partial charge in [-0.1, -0.05) is 12.1 Å². The molecule has 0 radical (unpaired) electrons. The molecule has 4 heterocycles. The highest BCUT2D eigenvalue weighted by atomic mass is 16.1. The van der Waals surface area contributed by atoms with E-state index in [1.54, 1.807) is 36.9 Å². The summed E-state index contributed by atoms with van der Waals surface area (Å²) < 4.78 is 1.96. The minimum Gasteiger partial charge on any atom is -0.346 e. The van der Waals surface area contributed by atoms with Gasteiger partial charge in [0.25, 0.3) is 5.91 Å². The van der Waals surface area contributed by atoms with Crippen molar-refractivity contribution >= 4 is 22.6 Å². The van der Waals surface area contributed by atoms with Gasteiger partial charge in [0.15, 0.2) is 11.3 Å². The molecule has 0 unspecified atom stereocenters. The lowest BCUT2D eigenvalue weighted by Crippen LogP contribution is -2.23. The Morgan fingerprint density at radius 2 is 1.96 bits per heavy atom. The third kappa shape index (κ3) is 2.77. The van der Waals surface area contributed by atoms with E-state index in [9.17, 15) is 4.79 Å². The smallest absolute Gasteiger partial charge is 0.251 e. The van der Waals surface area contributed by atoms with Crippen molar-refractivity contribution in [2.75, 3.05) is 0 Å². The van der Waals surface area contributed by atoms with Crippen LogP contribution >= 0.6 is 0 Å². The first kappa shape index (κ1) is 16.1. The maximum atomic E-state index is 12.5. The molecule has 0 aliphatic rings. The van der Waals surface area contributed by atoms with Crippen LogP contribution in [0.4, 0.5) is 0 Å². The number of rotatable bonds is 4. The molecule has 5 rings (SSSR count). The van der Waals surface area contributed by atoms with E-state index in [1.807, 2.05) is 34.9 Å². The van der Waals surface area contributed by atoms with Crippen molar-refractivity contribution in [3.05, 3.63) is 78.6 Å². The van der Waals surface area contributed by atoms with Crippen LogP contribution < -0.4 is 5.32 Å². The molecule has 0 bridgehead atoms. The number of benzene rings is 1. The van der Waals surface area contributed by atoms with Crippen LogP contribution in [0.1, 0.15) is 16.1 Å². The van der Waals surface area contributed by atoms with E-state index in [4.69, 9.17) is 0 Å². The van der Waals surface area contributed by atoms with Gasteiger partial charge < -0.3 is 5.32 Å². The van der Waals surface area contributed by atoms with Crippen molar-refractivity contribution in [3.63, 3.8) is 0 Å². The number of pyridine rings is 1. The fourth-order valence-corrected chi connectivity index (χ4v) is 3.16. The Bertz CT molecular complexity index is 1290. The van der Waals surface area contributed by atoms with Crippen molar-refractivity contribution in [1.82, 2.24) is 34.9 Å².